The molecule has 2 rings (SSSR count). The first kappa shape index (κ1) is 29.0. The van der Waals surface area contributed by atoms with E-state index in [4.69, 9.17) is 9.16 Å². The van der Waals surface area contributed by atoms with Crippen LogP contribution >= 0.6 is 0 Å². The zero-order valence-electron chi connectivity index (χ0n) is 22.4. The second kappa shape index (κ2) is 12.1. The van der Waals surface area contributed by atoms with Crippen molar-refractivity contribution in [2.24, 2.45) is 0 Å². The minimum absolute atomic E-state index is 0.00379. The molecule has 6 heteroatoms. The van der Waals surface area contributed by atoms with Crippen LogP contribution in [0.1, 0.15) is 75.4 Å². The number of aliphatic hydroxyl groups excluding tert-OH is 1. The van der Waals surface area contributed by atoms with E-state index in [1.165, 1.54) is 0 Å². The molecule has 0 bridgehead atoms. The van der Waals surface area contributed by atoms with Gasteiger partial charge in [-0.1, -0.05) is 75.4 Å². The number of carbonyl (C=O) groups is 2. The fourth-order valence-electron chi connectivity index (χ4n) is 3.82. The molecule has 5 nitrogen and oxygen atoms in total. The van der Waals surface area contributed by atoms with Crippen LogP contribution in [0.25, 0.3) is 0 Å². The lowest BCUT2D eigenvalue weighted by Gasteiger charge is -2.44. The molecule has 0 saturated heterocycles. The number of hydrogen-bond donors (Lipinski definition) is 1. The zero-order chi connectivity index (χ0) is 26.3. The van der Waals surface area contributed by atoms with Gasteiger partial charge in [-0.2, -0.15) is 0 Å². The van der Waals surface area contributed by atoms with Crippen LogP contribution < -0.4 is 0 Å². The molecule has 2 unspecified atom stereocenters. The van der Waals surface area contributed by atoms with Gasteiger partial charge in [-0.25, -0.2) is 0 Å². The maximum Gasteiger partial charge on any atom is 0.309 e. The summed E-state index contributed by atoms with van der Waals surface area (Å²) in [6.45, 7) is 15.0. The Balaban J connectivity index is 2.10. The molecule has 0 saturated carbocycles. The molecule has 192 valence electrons. The predicted octanol–water partition coefficient (Wildman–Crippen LogP) is 6.44. The first-order valence-corrected chi connectivity index (χ1v) is 15.4. The lowest BCUT2D eigenvalue weighted by molar-refractivity contribution is -0.147. The molecule has 0 spiro atoms. The highest BCUT2D eigenvalue weighted by Gasteiger charge is 2.44. The van der Waals surface area contributed by atoms with Gasteiger partial charge in [0.15, 0.2) is 14.1 Å². The van der Waals surface area contributed by atoms with Gasteiger partial charge in [0.05, 0.1) is 24.7 Å². The normalized spacial score (nSPS) is 14.7. The first-order chi connectivity index (χ1) is 16.3. The molecule has 0 aromatic heterocycles. The number of aryl methyl sites for hydroxylation is 1. The van der Waals surface area contributed by atoms with Crippen molar-refractivity contribution in [1.82, 2.24) is 0 Å². The van der Waals surface area contributed by atoms with E-state index in [2.05, 4.69) is 33.9 Å². The Bertz CT molecular complexity index is 963. The second-order valence-electron chi connectivity index (χ2n) is 11.0. The van der Waals surface area contributed by atoms with Crippen molar-refractivity contribution in [3.8, 4) is 0 Å². The highest BCUT2D eigenvalue weighted by molar-refractivity contribution is 6.74. The number of aliphatic hydroxyl groups is 1. The third-order valence-electron chi connectivity index (χ3n) is 6.92. The average Bonchev–Trinajstić information content (AvgIpc) is 2.77. The summed E-state index contributed by atoms with van der Waals surface area (Å²) < 4.78 is 12.0. The van der Waals surface area contributed by atoms with Gasteiger partial charge in [-0.05, 0) is 55.9 Å². The van der Waals surface area contributed by atoms with E-state index in [1.807, 2.05) is 49.4 Å². The number of Topliss-reactive ketones (excluding diaryl/α,β-unsaturated/α-hetero) is 1. The van der Waals surface area contributed by atoms with Crippen LogP contribution in [0, 0.1) is 0 Å². The summed E-state index contributed by atoms with van der Waals surface area (Å²) in [6.07, 6.45) is 0.714. The summed E-state index contributed by atoms with van der Waals surface area (Å²) in [4.78, 5) is 24.8. The number of ether oxygens (including phenoxy) is 1. The van der Waals surface area contributed by atoms with Gasteiger partial charge < -0.3 is 14.3 Å². The fourth-order valence-corrected chi connectivity index (χ4v) is 5.44. The Labute approximate surface area is 212 Å². The summed E-state index contributed by atoms with van der Waals surface area (Å²) in [6, 6.07) is 17.1. The van der Waals surface area contributed by atoms with Crippen molar-refractivity contribution < 1.29 is 23.9 Å². The molecule has 1 N–H and O–H groups in total. The van der Waals surface area contributed by atoms with Crippen molar-refractivity contribution in [1.29, 1.82) is 0 Å². The molecule has 0 fully saturated rings. The Kier molecular flexibility index (Phi) is 10.0. The second-order valence-corrected chi connectivity index (χ2v) is 15.7. The van der Waals surface area contributed by atoms with Crippen molar-refractivity contribution in [2.75, 3.05) is 6.61 Å². The summed E-state index contributed by atoms with van der Waals surface area (Å²) in [5.74, 6) is -0.324. The molecule has 0 aliphatic heterocycles. The van der Waals surface area contributed by atoms with Crippen molar-refractivity contribution in [3.05, 3.63) is 71.3 Å². The number of hydrogen-bond acceptors (Lipinski definition) is 5. The van der Waals surface area contributed by atoms with E-state index >= 15 is 0 Å². The van der Waals surface area contributed by atoms with Crippen molar-refractivity contribution in [3.63, 3.8) is 0 Å². The molecule has 0 heterocycles. The predicted molar refractivity (Wildman–Crippen MR) is 143 cm³/mol. The molecule has 35 heavy (non-hydrogen) atoms. The molecule has 2 aromatic rings. The first-order valence-electron chi connectivity index (χ1n) is 12.5. The minimum Gasteiger partial charge on any atom is -0.466 e. The summed E-state index contributed by atoms with van der Waals surface area (Å²) >= 11 is 0. The Morgan fingerprint density at radius 2 is 1.57 bits per heavy atom. The summed E-state index contributed by atoms with van der Waals surface area (Å²) in [5, 5.41) is 10.4. The fraction of sp³-hybridized carbons (Fsp3) is 0.517. The number of benzene rings is 2. The molecule has 2 atom stereocenters. The minimum atomic E-state index is -2.17. The molecule has 0 radical (unpaired) electrons. The monoisotopic (exact) mass is 498 g/mol. The van der Waals surface area contributed by atoms with E-state index in [-0.39, 0.29) is 29.6 Å². The van der Waals surface area contributed by atoms with E-state index in [1.54, 1.807) is 19.1 Å². The van der Waals surface area contributed by atoms with E-state index in [9.17, 15) is 14.7 Å². The maximum atomic E-state index is 12.5. The van der Waals surface area contributed by atoms with Gasteiger partial charge >= 0.3 is 5.97 Å². The van der Waals surface area contributed by atoms with Gasteiger partial charge in [0, 0.05) is 12.0 Å². The number of carbonyl (C=O) groups excluding carboxylic acids is 2. The van der Waals surface area contributed by atoms with Crippen LogP contribution in [-0.4, -0.2) is 37.9 Å². The van der Waals surface area contributed by atoms with Gasteiger partial charge in [-0.15, -0.1) is 0 Å². The van der Waals surface area contributed by atoms with Crippen LogP contribution in [0.15, 0.2) is 54.6 Å². The quantitative estimate of drug-likeness (QED) is 0.207. The third-order valence-corrected chi connectivity index (χ3v) is 11.5. The maximum absolute atomic E-state index is 12.5. The van der Waals surface area contributed by atoms with Crippen LogP contribution in [0.2, 0.25) is 18.1 Å². The highest BCUT2D eigenvalue weighted by atomic mass is 28.4. The molecule has 2 aromatic carbocycles. The number of esters is 1. The SMILES string of the molecule is CCOC(=O)CC(C)(O[Si](C)(C)C(C)(C)C)c1ccc(CCC(O)CC(=O)c2ccccc2)cc1. The van der Waals surface area contributed by atoms with Crippen molar-refractivity contribution >= 4 is 20.1 Å². The van der Waals surface area contributed by atoms with Gasteiger partial charge in [0.25, 0.3) is 0 Å². The third kappa shape index (κ3) is 8.41. The topological polar surface area (TPSA) is 72.8 Å². The molecule has 0 amide bonds. The number of rotatable bonds is 12. The number of ketones is 1. The lowest BCUT2D eigenvalue weighted by Crippen LogP contribution is -2.48. The highest BCUT2D eigenvalue weighted by Crippen LogP contribution is 2.43. The van der Waals surface area contributed by atoms with E-state index in [0.717, 1.165) is 11.1 Å². The van der Waals surface area contributed by atoms with E-state index < -0.39 is 20.0 Å². The molecule has 0 aliphatic rings. The van der Waals surface area contributed by atoms with Crippen molar-refractivity contribution in [2.45, 2.75) is 90.1 Å². The smallest absolute Gasteiger partial charge is 0.309 e. The molecule has 0 aliphatic carbocycles. The standard InChI is InChI=1S/C29H42O5Si/c1-8-33-27(32)21-29(5,34-35(6,7)28(2,3)4)24-17-14-22(15-18-24)16-19-25(30)20-26(31)23-12-10-9-11-13-23/h9-15,17-18,25,30H,8,16,19-21H2,1-7H3. The largest absolute Gasteiger partial charge is 0.466 e. The average molecular weight is 499 g/mol. The lowest BCUT2D eigenvalue weighted by atomic mass is 9.91. The molecular weight excluding hydrogens is 456 g/mol. The Hall–Kier alpha value is -2.28. The van der Waals surface area contributed by atoms with Gasteiger partial charge in [0.2, 0.25) is 0 Å². The Morgan fingerprint density at radius 3 is 2.11 bits per heavy atom. The van der Waals surface area contributed by atoms with Crippen LogP contribution in [0.3, 0.4) is 0 Å². The summed E-state index contributed by atoms with van der Waals surface area (Å²) in [5.41, 5.74) is 1.82. The van der Waals surface area contributed by atoms with E-state index in [0.29, 0.717) is 25.0 Å². The van der Waals surface area contributed by atoms with Crippen LogP contribution in [0.5, 0.6) is 0 Å². The Morgan fingerprint density at radius 1 is 0.971 bits per heavy atom. The molecular formula is C29H42O5Si. The van der Waals surface area contributed by atoms with Crippen LogP contribution in [0.4, 0.5) is 0 Å². The van der Waals surface area contributed by atoms with Gasteiger partial charge in [-0.3, -0.25) is 9.59 Å². The van der Waals surface area contributed by atoms with Gasteiger partial charge in [0.1, 0.15) is 0 Å². The zero-order valence-corrected chi connectivity index (χ0v) is 23.4. The van der Waals surface area contributed by atoms with Crippen LogP contribution in [-0.2, 0) is 26.0 Å². The summed E-state index contributed by atoms with van der Waals surface area (Å²) in [7, 11) is -2.17.